The summed E-state index contributed by atoms with van der Waals surface area (Å²) in [6.07, 6.45) is -0.738. The predicted octanol–water partition coefficient (Wildman–Crippen LogP) is 1.18. The Bertz CT molecular complexity index is 435. The van der Waals surface area contributed by atoms with Crippen LogP contribution in [0.5, 0.6) is 5.75 Å². The zero-order chi connectivity index (χ0) is 15.1. The molecule has 20 heavy (non-hydrogen) atoms. The van der Waals surface area contributed by atoms with E-state index >= 15 is 0 Å². The van der Waals surface area contributed by atoms with Gasteiger partial charge in [-0.05, 0) is 38.6 Å². The van der Waals surface area contributed by atoms with E-state index in [1.165, 1.54) is 0 Å². The first-order valence-electron chi connectivity index (χ1n) is 6.73. The fourth-order valence-electron chi connectivity index (χ4n) is 1.64. The Morgan fingerprint density at radius 1 is 1.45 bits per heavy atom. The SMILES string of the molecule is COc1cccc(C(O)CNC(=O)CN(C)C(C)C)c1. The molecule has 1 atom stereocenters. The van der Waals surface area contributed by atoms with Gasteiger partial charge in [-0.3, -0.25) is 9.69 Å². The minimum Gasteiger partial charge on any atom is -0.497 e. The molecule has 0 bridgehead atoms. The van der Waals surface area contributed by atoms with Crippen molar-refractivity contribution in [3.63, 3.8) is 0 Å². The summed E-state index contributed by atoms with van der Waals surface area (Å²) in [7, 11) is 3.47. The Kier molecular flexibility index (Phi) is 6.48. The Morgan fingerprint density at radius 2 is 2.15 bits per heavy atom. The molecule has 0 aliphatic heterocycles. The number of amides is 1. The molecule has 0 aromatic heterocycles. The Balaban J connectivity index is 2.46. The van der Waals surface area contributed by atoms with E-state index < -0.39 is 6.10 Å². The Labute approximate surface area is 120 Å². The van der Waals surface area contributed by atoms with Gasteiger partial charge in [0, 0.05) is 12.6 Å². The topological polar surface area (TPSA) is 61.8 Å². The highest BCUT2D eigenvalue weighted by Crippen LogP contribution is 2.18. The molecule has 5 nitrogen and oxygen atoms in total. The maximum Gasteiger partial charge on any atom is 0.234 e. The third-order valence-electron chi connectivity index (χ3n) is 3.25. The van der Waals surface area contributed by atoms with Crippen LogP contribution in [0.4, 0.5) is 0 Å². The van der Waals surface area contributed by atoms with E-state index in [2.05, 4.69) is 5.32 Å². The number of carbonyl (C=O) groups excluding carboxylic acids is 1. The lowest BCUT2D eigenvalue weighted by molar-refractivity contribution is -0.122. The van der Waals surface area contributed by atoms with Gasteiger partial charge in [0.2, 0.25) is 5.91 Å². The van der Waals surface area contributed by atoms with Crippen molar-refractivity contribution >= 4 is 5.91 Å². The lowest BCUT2D eigenvalue weighted by Gasteiger charge is -2.20. The summed E-state index contributed by atoms with van der Waals surface area (Å²) in [5.41, 5.74) is 0.724. The lowest BCUT2D eigenvalue weighted by Crippen LogP contribution is -2.39. The van der Waals surface area contributed by atoms with Crippen molar-refractivity contribution in [2.75, 3.05) is 27.2 Å². The van der Waals surface area contributed by atoms with Gasteiger partial charge >= 0.3 is 0 Å². The number of methoxy groups -OCH3 is 1. The van der Waals surface area contributed by atoms with Gasteiger partial charge in [-0.25, -0.2) is 0 Å². The molecule has 1 rings (SSSR count). The molecule has 0 heterocycles. The molecule has 1 amide bonds. The molecular formula is C15H24N2O3. The van der Waals surface area contributed by atoms with Crippen molar-refractivity contribution in [1.82, 2.24) is 10.2 Å². The number of hydrogen-bond donors (Lipinski definition) is 2. The van der Waals surface area contributed by atoms with Crippen molar-refractivity contribution in [1.29, 1.82) is 0 Å². The van der Waals surface area contributed by atoms with Crippen molar-refractivity contribution in [2.24, 2.45) is 0 Å². The first-order chi connectivity index (χ1) is 9.43. The van der Waals surface area contributed by atoms with Crippen LogP contribution in [0.15, 0.2) is 24.3 Å². The van der Waals surface area contributed by atoms with Crippen LogP contribution < -0.4 is 10.1 Å². The molecule has 1 aromatic carbocycles. The van der Waals surface area contributed by atoms with Crippen molar-refractivity contribution in [3.05, 3.63) is 29.8 Å². The van der Waals surface area contributed by atoms with Gasteiger partial charge in [0.25, 0.3) is 0 Å². The predicted molar refractivity (Wildman–Crippen MR) is 78.7 cm³/mol. The van der Waals surface area contributed by atoms with E-state index in [9.17, 15) is 9.90 Å². The van der Waals surface area contributed by atoms with Crippen molar-refractivity contribution < 1.29 is 14.6 Å². The number of hydrogen-bond acceptors (Lipinski definition) is 4. The molecule has 0 spiro atoms. The van der Waals surface area contributed by atoms with Gasteiger partial charge in [0.15, 0.2) is 0 Å². The first-order valence-corrected chi connectivity index (χ1v) is 6.73. The summed E-state index contributed by atoms with van der Waals surface area (Å²) in [6.45, 7) is 4.57. The van der Waals surface area contributed by atoms with Gasteiger partial charge in [-0.2, -0.15) is 0 Å². The minimum atomic E-state index is -0.738. The molecule has 112 valence electrons. The first kappa shape index (κ1) is 16.5. The summed E-state index contributed by atoms with van der Waals surface area (Å²) in [5.74, 6) is 0.593. The molecule has 0 aliphatic rings. The van der Waals surface area contributed by atoms with Crippen LogP contribution in [0.3, 0.4) is 0 Å². The second-order valence-electron chi connectivity index (χ2n) is 5.11. The van der Waals surface area contributed by atoms with Crippen LogP contribution in [-0.4, -0.2) is 49.2 Å². The molecule has 0 saturated heterocycles. The van der Waals surface area contributed by atoms with Crippen LogP contribution in [0.1, 0.15) is 25.5 Å². The third-order valence-corrected chi connectivity index (χ3v) is 3.25. The smallest absolute Gasteiger partial charge is 0.234 e. The zero-order valence-electron chi connectivity index (χ0n) is 12.6. The highest BCUT2D eigenvalue weighted by molar-refractivity contribution is 5.78. The molecule has 0 radical (unpaired) electrons. The summed E-state index contributed by atoms with van der Waals surface area (Å²) >= 11 is 0. The second-order valence-corrected chi connectivity index (χ2v) is 5.11. The van der Waals surface area contributed by atoms with E-state index in [0.717, 1.165) is 5.56 Å². The summed E-state index contributed by atoms with van der Waals surface area (Å²) in [5, 5.41) is 12.8. The fraction of sp³-hybridized carbons (Fsp3) is 0.533. The van der Waals surface area contributed by atoms with E-state index in [4.69, 9.17) is 4.74 Å². The molecular weight excluding hydrogens is 256 g/mol. The largest absolute Gasteiger partial charge is 0.497 e. The standard InChI is InChI=1S/C15H24N2O3/c1-11(2)17(3)10-15(19)16-9-14(18)12-6-5-7-13(8-12)20-4/h5-8,11,14,18H,9-10H2,1-4H3,(H,16,19). The molecule has 1 unspecified atom stereocenters. The fourth-order valence-corrected chi connectivity index (χ4v) is 1.64. The number of likely N-dealkylation sites (N-methyl/N-ethyl adjacent to an activating group) is 1. The van der Waals surface area contributed by atoms with Crippen LogP contribution in [0, 0.1) is 0 Å². The minimum absolute atomic E-state index is 0.0943. The summed E-state index contributed by atoms with van der Waals surface area (Å²) < 4.78 is 5.10. The number of rotatable bonds is 7. The van der Waals surface area contributed by atoms with Crippen LogP contribution in [-0.2, 0) is 4.79 Å². The third kappa shape index (κ3) is 5.19. The van der Waals surface area contributed by atoms with Gasteiger partial charge in [0.1, 0.15) is 5.75 Å². The average Bonchev–Trinajstić information content (AvgIpc) is 2.44. The number of nitrogens with one attached hydrogen (secondary N) is 1. The van der Waals surface area contributed by atoms with Gasteiger partial charge in [-0.15, -0.1) is 0 Å². The molecule has 5 heteroatoms. The number of nitrogens with zero attached hydrogens (tertiary/aromatic N) is 1. The lowest BCUT2D eigenvalue weighted by atomic mass is 10.1. The number of aliphatic hydroxyl groups is 1. The Hall–Kier alpha value is -1.59. The van der Waals surface area contributed by atoms with Crippen molar-refractivity contribution in [2.45, 2.75) is 26.0 Å². The second kappa shape index (κ2) is 7.87. The maximum absolute atomic E-state index is 11.7. The number of ether oxygens (including phenoxy) is 1. The van der Waals surface area contributed by atoms with Gasteiger partial charge in [0.05, 0.1) is 19.8 Å². The van der Waals surface area contributed by atoms with Crippen LogP contribution in [0.25, 0.3) is 0 Å². The molecule has 2 N–H and O–H groups in total. The van der Waals surface area contributed by atoms with E-state index in [1.54, 1.807) is 19.2 Å². The number of aliphatic hydroxyl groups excluding tert-OH is 1. The average molecular weight is 280 g/mol. The van der Waals surface area contributed by atoms with E-state index in [1.807, 2.05) is 37.9 Å². The summed E-state index contributed by atoms with van der Waals surface area (Å²) in [6, 6.07) is 7.50. The molecule has 0 saturated carbocycles. The van der Waals surface area contributed by atoms with E-state index in [0.29, 0.717) is 18.3 Å². The zero-order valence-corrected chi connectivity index (χ0v) is 12.6. The maximum atomic E-state index is 11.7. The number of carbonyl (C=O) groups is 1. The molecule has 0 fully saturated rings. The van der Waals surface area contributed by atoms with Crippen LogP contribution in [0.2, 0.25) is 0 Å². The van der Waals surface area contributed by atoms with Gasteiger partial charge in [-0.1, -0.05) is 12.1 Å². The highest BCUT2D eigenvalue weighted by Gasteiger charge is 2.12. The molecule has 0 aliphatic carbocycles. The highest BCUT2D eigenvalue weighted by atomic mass is 16.5. The Morgan fingerprint density at radius 3 is 2.75 bits per heavy atom. The quantitative estimate of drug-likeness (QED) is 0.787. The molecule has 1 aromatic rings. The summed E-state index contributed by atoms with van der Waals surface area (Å²) in [4.78, 5) is 13.7. The number of benzene rings is 1. The van der Waals surface area contributed by atoms with E-state index in [-0.39, 0.29) is 12.5 Å². The van der Waals surface area contributed by atoms with Gasteiger partial charge < -0.3 is 15.2 Å². The van der Waals surface area contributed by atoms with Crippen molar-refractivity contribution in [3.8, 4) is 5.75 Å². The normalized spacial score (nSPS) is 12.6. The monoisotopic (exact) mass is 280 g/mol. The van der Waals surface area contributed by atoms with Crippen LogP contribution >= 0.6 is 0 Å².